The summed E-state index contributed by atoms with van der Waals surface area (Å²) in [5, 5.41) is 0. The number of hydrogen-bond acceptors (Lipinski definition) is 1. The summed E-state index contributed by atoms with van der Waals surface area (Å²) >= 11 is 3.34. The number of carbonyl (C=O) groups is 1. The van der Waals surface area contributed by atoms with Crippen molar-refractivity contribution in [3.63, 3.8) is 0 Å². The predicted molar refractivity (Wildman–Crippen MR) is 77.2 cm³/mol. The Labute approximate surface area is 130 Å². The van der Waals surface area contributed by atoms with E-state index in [1.54, 1.807) is 6.07 Å². The first-order chi connectivity index (χ1) is 9.70. The highest BCUT2D eigenvalue weighted by atomic mass is 79.9. The molecule has 3 nitrogen and oxygen atoms in total. The number of likely N-dealkylation sites (tertiary alicyclic amines) is 1. The maximum Gasteiger partial charge on any atom is 0.391 e. The molecule has 0 unspecified atom stereocenters. The summed E-state index contributed by atoms with van der Waals surface area (Å²) in [6, 6.07) is 1.83. The average molecular weight is 367 g/mol. The molecule has 0 bridgehead atoms. The van der Waals surface area contributed by atoms with Crippen molar-refractivity contribution in [2.45, 2.75) is 38.9 Å². The molecule has 0 atom stereocenters. The van der Waals surface area contributed by atoms with Gasteiger partial charge in [-0.25, -0.2) is 0 Å². The van der Waals surface area contributed by atoms with Crippen molar-refractivity contribution in [1.82, 2.24) is 9.47 Å². The Morgan fingerprint density at radius 3 is 2.38 bits per heavy atom. The van der Waals surface area contributed by atoms with Crippen molar-refractivity contribution < 1.29 is 18.0 Å². The molecule has 1 aliphatic rings. The Bertz CT molecular complexity index is 517. The lowest BCUT2D eigenvalue weighted by Gasteiger charge is -2.33. The molecule has 118 valence electrons. The van der Waals surface area contributed by atoms with Crippen molar-refractivity contribution in [2.75, 3.05) is 13.1 Å². The first-order valence-corrected chi connectivity index (χ1v) is 7.73. The van der Waals surface area contributed by atoms with Crippen LogP contribution in [0, 0.1) is 5.92 Å². The normalized spacial score (nSPS) is 17.6. The summed E-state index contributed by atoms with van der Waals surface area (Å²) in [5.74, 6) is -1.49. The van der Waals surface area contributed by atoms with Crippen LogP contribution in [0.2, 0.25) is 0 Å². The highest BCUT2D eigenvalue weighted by Crippen LogP contribution is 2.34. The summed E-state index contributed by atoms with van der Waals surface area (Å²) in [6.07, 6.45) is -2.37. The fourth-order valence-corrected chi connectivity index (χ4v) is 3.05. The number of alkyl halides is 3. The van der Waals surface area contributed by atoms with Crippen LogP contribution in [0.1, 0.15) is 43.2 Å². The van der Waals surface area contributed by atoms with Crippen LogP contribution in [0.5, 0.6) is 0 Å². The van der Waals surface area contributed by atoms with Crippen LogP contribution in [0.25, 0.3) is 0 Å². The minimum Gasteiger partial charge on any atom is -0.340 e. The zero-order valence-corrected chi connectivity index (χ0v) is 13.5. The van der Waals surface area contributed by atoms with Crippen molar-refractivity contribution in [3.05, 3.63) is 22.4 Å². The average Bonchev–Trinajstić information content (AvgIpc) is 2.79. The van der Waals surface area contributed by atoms with Gasteiger partial charge in [-0.05, 0) is 48.7 Å². The molecule has 7 heteroatoms. The zero-order chi connectivity index (χ0) is 15.8. The summed E-state index contributed by atoms with van der Waals surface area (Å²) in [6.45, 7) is 4.23. The van der Waals surface area contributed by atoms with Gasteiger partial charge in [0, 0.05) is 29.8 Å². The van der Waals surface area contributed by atoms with E-state index in [1.165, 1.54) is 4.90 Å². The lowest BCUT2D eigenvalue weighted by Crippen LogP contribution is -2.42. The summed E-state index contributed by atoms with van der Waals surface area (Å²) in [4.78, 5) is 14.0. The van der Waals surface area contributed by atoms with Crippen LogP contribution in [0.3, 0.4) is 0 Å². The van der Waals surface area contributed by atoms with Crippen LogP contribution >= 0.6 is 15.9 Å². The number of piperidine rings is 1. The van der Waals surface area contributed by atoms with Gasteiger partial charge >= 0.3 is 6.18 Å². The van der Waals surface area contributed by atoms with Gasteiger partial charge in [0.1, 0.15) is 5.69 Å². The smallest absolute Gasteiger partial charge is 0.340 e. The number of amides is 1. The zero-order valence-electron chi connectivity index (χ0n) is 12.0. The molecule has 0 N–H and O–H groups in total. The van der Waals surface area contributed by atoms with E-state index in [-0.39, 0.29) is 37.9 Å². The SMILES string of the molecule is CC(C)n1cc(Br)cc1C(=O)N1CCC(C(F)(F)F)CC1. The minimum absolute atomic E-state index is 0.0151. The summed E-state index contributed by atoms with van der Waals surface area (Å²) < 4.78 is 40.6. The predicted octanol–water partition coefficient (Wildman–Crippen LogP) is 4.25. The van der Waals surface area contributed by atoms with E-state index in [4.69, 9.17) is 0 Å². The Morgan fingerprint density at radius 1 is 1.33 bits per heavy atom. The monoisotopic (exact) mass is 366 g/mol. The lowest BCUT2D eigenvalue weighted by atomic mass is 9.96. The van der Waals surface area contributed by atoms with Gasteiger partial charge in [-0.2, -0.15) is 13.2 Å². The van der Waals surface area contributed by atoms with Crippen molar-refractivity contribution in [1.29, 1.82) is 0 Å². The molecule has 1 fully saturated rings. The molecule has 0 spiro atoms. The van der Waals surface area contributed by atoms with E-state index in [0.717, 1.165) is 4.47 Å². The second-order valence-electron chi connectivity index (χ2n) is 5.65. The van der Waals surface area contributed by atoms with E-state index in [9.17, 15) is 18.0 Å². The fourth-order valence-electron chi connectivity index (χ4n) is 2.62. The van der Waals surface area contributed by atoms with Crippen LogP contribution < -0.4 is 0 Å². The van der Waals surface area contributed by atoms with Crippen LogP contribution in [0.4, 0.5) is 13.2 Å². The Morgan fingerprint density at radius 2 is 1.90 bits per heavy atom. The molecular formula is C14H18BrF3N2O. The molecule has 1 aromatic rings. The number of rotatable bonds is 2. The van der Waals surface area contributed by atoms with Gasteiger partial charge in [-0.1, -0.05) is 0 Å². The third-order valence-electron chi connectivity index (χ3n) is 3.84. The molecule has 2 heterocycles. The highest BCUT2D eigenvalue weighted by Gasteiger charge is 2.42. The second-order valence-corrected chi connectivity index (χ2v) is 6.57. The van der Waals surface area contributed by atoms with Gasteiger partial charge in [-0.15, -0.1) is 0 Å². The molecule has 1 aliphatic heterocycles. The lowest BCUT2D eigenvalue weighted by molar-refractivity contribution is -0.183. The first kappa shape index (κ1) is 16.4. The molecule has 0 saturated carbocycles. The van der Waals surface area contributed by atoms with E-state index < -0.39 is 12.1 Å². The molecule has 0 radical (unpaired) electrons. The molecule has 0 aliphatic carbocycles. The Balaban J connectivity index is 2.09. The quantitative estimate of drug-likeness (QED) is 0.768. The summed E-state index contributed by atoms with van der Waals surface area (Å²) in [5.41, 5.74) is 0.516. The van der Waals surface area contributed by atoms with E-state index in [1.807, 2.05) is 24.6 Å². The largest absolute Gasteiger partial charge is 0.391 e. The second kappa shape index (κ2) is 6.02. The van der Waals surface area contributed by atoms with Gasteiger partial charge in [0.05, 0.1) is 5.92 Å². The third kappa shape index (κ3) is 3.62. The Hall–Kier alpha value is -0.980. The van der Waals surface area contributed by atoms with Gasteiger partial charge in [0.15, 0.2) is 0 Å². The van der Waals surface area contributed by atoms with Crippen LogP contribution in [0.15, 0.2) is 16.7 Å². The van der Waals surface area contributed by atoms with Gasteiger partial charge in [-0.3, -0.25) is 4.79 Å². The van der Waals surface area contributed by atoms with E-state index in [2.05, 4.69) is 15.9 Å². The topological polar surface area (TPSA) is 25.2 Å². The van der Waals surface area contributed by atoms with Crippen molar-refractivity contribution in [2.24, 2.45) is 5.92 Å². The van der Waals surface area contributed by atoms with Crippen molar-refractivity contribution in [3.8, 4) is 0 Å². The molecule has 21 heavy (non-hydrogen) atoms. The van der Waals surface area contributed by atoms with Crippen LogP contribution in [-0.4, -0.2) is 34.6 Å². The van der Waals surface area contributed by atoms with Crippen molar-refractivity contribution >= 4 is 21.8 Å². The number of carbonyl (C=O) groups excluding carboxylic acids is 1. The molecule has 2 rings (SSSR count). The Kier molecular flexibility index (Phi) is 4.70. The molecule has 0 aromatic carbocycles. The highest BCUT2D eigenvalue weighted by molar-refractivity contribution is 9.10. The van der Waals surface area contributed by atoms with E-state index in [0.29, 0.717) is 5.69 Å². The van der Waals surface area contributed by atoms with Crippen LogP contribution in [-0.2, 0) is 0 Å². The molecule has 1 amide bonds. The number of hydrogen-bond donors (Lipinski definition) is 0. The van der Waals surface area contributed by atoms with Gasteiger partial charge < -0.3 is 9.47 Å². The van der Waals surface area contributed by atoms with Gasteiger partial charge in [0.2, 0.25) is 0 Å². The maximum atomic E-state index is 12.7. The van der Waals surface area contributed by atoms with Gasteiger partial charge in [0.25, 0.3) is 5.91 Å². The summed E-state index contributed by atoms with van der Waals surface area (Å²) in [7, 11) is 0. The number of aromatic nitrogens is 1. The maximum absolute atomic E-state index is 12.7. The fraction of sp³-hybridized carbons (Fsp3) is 0.643. The van der Waals surface area contributed by atoms with E-state index >= 15 is 0 Å². The molecule has 1 aromatic heterocycles. The number of halogens is 4. The molecular weight excluding hydrogens is 349 g/mol. The molecule has 1 saturated heterocycles. The number of nitrogens with zero attached hydrogens (tertiary/aromatic N) is 2. The standard InChI is InChI=1S/C14H18BrF3N2O/c1-9(2)20-8-11(15)7-12(20)13(21)19-5-3-10(4-6-19)14(16,17)18/h7-10H,3-6H2,1-2H3. The third-order valence-corrected chi connectivity index (χ3v) is 4.27. The minimum atomic E-state index is -4.16. The first-order valence-electron chi connectivity index (χ1n) is 6.93.